The van der Waals surface area contributed by atoms with E-state index in [2.05, 4.69) is 49.4 Å². The van der Waals surface area contributed by atoms with E-state index in [1.54, 1.807) is 0 Å². The van der Waals surface area contributed by atoms with Crippen molar-refractivity contribution in [3.05, 3.63) is 48.0 Å². The molecule has 2 aromatic rings. The number of benzene rings is 2. The average Bonchev–Trinajstić information content (AvgIpc) is 2.22. The number of fused-ring (bicyclic) bond motifs is 1. The highest BCUT2D eigenvalue weighted by Gasteiger charge is 1.91. The normalized spacial score (nSPS) is 9.15. The number of alkyl halides is 1. The highest BCUT2D eigenvalue weighted by Crippen LogP contribution is 2.16. The molecule has 0 N–H and O–H groups in total. The van der Waals surface area contributed by atoms with Crippen molar-refractivity contribution in [2.45, 2.75) is 6.92 Å². The molecule has 0 bridgehead atoms. The third-order valence-corrected chi connectivity index (χ3v) is 2.01. The van der Waals surface area contributed by atoms with Crippen LogP contribution in [0.15, 0.2) is 42.5 Å². The van der Waals surface area contributed by atoms with Gasteiger partial charge in [-0.3, -0.25) is 4.39 Å². The van der Waals surface area contributed by atoms with Crippen molar-refractivity contribution in [3.8, 4) is 0 Å². The molecule has 0 unspecified atom stereocenters. The third-order valence-electron chi connectivity index (χ3n) is 2.01. The van der Waals surface area contributed by atoms with Gasteiger partial charge in [-0.25, -0.2) is 0 Å². The number of aryl methyl sites for hydroxylation is 1. The van der Waals surface area contributed by atoms with Crippen molar-refractivity contribution in [1.82, 2.24) is 0 Å². The first-order chi connectivity index (χ1) is 6.38. The van der Waals surface area contributed by atoms with Crippen molar-refractivity contribution in [3.63, 3.8) is 0 Å². The van der Waals surface area contributed by atoms with Gasteiger partial charge in [-0.05, 0) is 23.3 Å². The minimum atomic E-state index is 0.500. The zero-order valence-corrected chi connectivity index (χ0v) is 7.92. The van der Waals surface area contributed by atoms with Crippen LogP contribution in [0.1, 0.15) is 5.56 Å². The minimum Gasteiger partial charge on any atom is -0.255 e. The van der Waals surface area contributed by atoms with Gasteiger partial charge in [0.2, 0.25) is 0 Å². The molecule has 0 saturated heterocycles. The van der Waals surface area contributed by atoms with Gasteiger partial charge in [0.15, 0.2) is 0 Å². The maximum Gasteiger partial charge on any atom is 0.0785 e. The molecule has 0 radical (unpaired) electrons. The van der Waals surface area contributed by atoms with Crippen molar-refractivity contribution in [1.29, 1.82) is 0 Å². The Morgan fingerprint density at radius 2 is 1.46 bits per heavy atom. The van der Waals surface area contributed by atoms with Gasteiger partial charge in [-0.1, -0.05) is 42.5 Å². The van der Waals surface area contributed by atoms with Crippen molar-refractivity contribution in [2.75, 3.05) is 7.18 Å². The van der Waals surface area contributed by atoms with Crippen LogP contribution in [0, 0.1) is 6.92 Å². The Balaban J connectivity index is 0.000000396. The molecule has 2 aromatic carbocycles. The second kappa shape index (κ2) is 4.61. The molecule has 0 heterocycles. The summed E-state index contributed by atoms with van der Waals surface area (Å²) in [5, 5.41) is 2.68. The first-order valence-corrected chi connectivity index (χ1v) is 4.20. The zero-order valence-electron chi connectivity index (χ0n) is 7.92. The summed E-state index contributed by atoms with van der Waals surface area (Å²) in [5.41, 5.74) is 1.35. The molecule has 0 amide bonds. The Bertz CT molecular complexity index is 374. The lowest BCUT2D eigenvalue weighted by molar-refractivity contribution is 0.636. The lowest BCUT2D eigenvalue weighted by atomic mass is 10.1. The van der Waals surface area contributed by atoms with Gasteiger partial charge in [0, 0.05) is 0 Å². The fourth-order valence-electron chi connectivity index (χ4n) is 1.39. The van der Waals surface area contributed by atoms with E-state index in [0.717, 1.165) is 0 Å². The molecule has 0 nitrogen and oxygen atoms in total. The van der Waals surface area contributed by atoms with Crippen LogP contribution < -0.4 is 0 Å². The van der Waals surface area contributed by atoms with Gasteiger partial charge in [0.05, 0.1) is 7.18 Å². The predicted octanol–water partition coefficient (Wildman–Crippen LogP) is 3.73. The molecule has 2 rings (SSSR count). The van der Waals surface area contributed by atoms with E-state index in [9.17, 15) is 4.39 Å². The molecule has 0 aromatic heterocycles. The summed E-state index contributed by atoms with van der Waals surface area (Å²) in [6.07, 6.45) is 0. The van der Waals surface area contributed by atoms with E-state index >= 15 is 0 Å². The fraction of sp³-hybridized carbons (Fsp3) is 0.167. The first-order valence-electron chi connectivity index (χ1n) is 4.20. The van der Waals surface area contributed by atoms with E-state index in [4.69, 9.17) is 0 Å². The number of rotatable bonds is 0. The Morgan fingerprint density at radius 1 is 0.846 bits per heavy atom. The number of halogens is 1. The van der Waals surface area contributed by atoms with Crippen LogP contribution >= 0.6 is 0 Å². The summed E-state index contributed by atoms with van der Waals surface area (Å²) in [4.78, 5) is 0. The van der Waals surface area contributed by atoms with Gasteiger partial charge in [0.1, 0.15) is 0 Å². The lowest BCUT2D eigenvalue weighted by Crippen LogP contribution is -1.75. The standard InChI is InChI=1S/C11H10.CH3F/c1-9-5-4-7-10-6-2-3-8-11(9)10;1-2/h2-8H,1H3;1H3. The Morgan fingerprint density at radius 3 is 2.15 bits per heavy atom. The summed E-state index contributed by atoms with van der Waals surface area (Å²) in [7, 11) is 0.500. The molecule has 0 atom stereocenters. The van der Waals surface area contributed by atoms with Crippen LogP contribution in [-0.2, 0) is 0 Å². The fourth-order valence-corrected chi connectivity index (χ4v) is 1.39. The van der Waals surface area contributed by atoms with E-state index in [1.165, 1.54) is 16.3 Å². The van der Waals surface area contributed by atoms with Crippen molar-refractivity contribution in [2.24, 2.45) is 0 Å². The highest BCUT2D eigenvalue weighted by atomic mass is 19.1. The number of hydrogen-bond acceptors (Lipinski definition) is 0. The summed E-state index contributed by atoms with van der Waals surface area (Å²) in [6, 6.07) is 14.8. The lowest BCUT2D eigenvalue weighted by Gasteiger charge is -1.98. The minimum absolute atomic E-state index is 0.500. The van der Waals surface area contributed by atoms with Crippen molar-refractivity contribution < 1.29 is 4.39 Å². The molecule has 68 valence electrons. The summed E-state index contributed by atoms with van der Waals surface area (Å²) < 4.78 is 9.50. The molecule has 0 fully saturated rings. The average molecular weight is 176 g/mol. The molecule has 0 aliphatic rings. The van der Waals surface area contributed by atoms with Gasteiger partial charge >= 0.3 is 0 Å². The summed E-state index contributed by atoms with van der Waals surface area (Å²) in [6.45, 7) is 2.14. The van der Waals surface area contributed by atoms with Crippen LogP contribution in [0.2, 0.25) is 0 Å². The maximum atomic E-state index is 9.50. The monoisotopic (exact) mass is 176 g/mol. The molecular formula is C12H13F. The molecule has 0 aliphatic heterocycles. The van der Waals surface area contributed by atoms with Crippen LogP contribution in [0.25, 0.3) is 10.8 Å². The summed E-state index contributed by atoms with van der Waals surface area (Å²) in [5.74, 6) is 0. The molecule has 0 saturated carbocycles. The topological polar surface area (TPSA) is 0 Å². The molecule has 1 heteroatoms. The van der Waals surface area contributed by atoms with Crippen LogP contribution in [0.3, 0.4) is 0 Å². The van der Waals surface area contributed by atoms with E-state index in [1.807, 2.05) is 0 Å². The number of hydrogen-bond donors (Lipinski definition) is 0. The zero-order chi connectivity index (χ0) is 9.68. The van der Waals surface area contributed by atoms with E-state index < -0.39 is 0 Å². The van der Waals surface area contributed by atoms with E-state index in [0.29, 0.717) is 7.18 Å². The maximum absolute atomic E-state index is 9.50. The van der Waals surface area contributed by atoms with Gasteiger partial charge in [-0.2, -0.15) is 0 Å². The summed E-state index contributed by atoms with van der Waals surface area (Å²) >= 11 is 0. The van der Waals surface area contributed by atoms with Crippen LogP contribution in [-0.4, -0.2) is 7.18 Å². The Kier molecular flexibility index (Phi) is 3.44. The first kappa shape index (κ1) is 9.72. The SMILES string of the molecule is CF.Cc1cccc2ccccc12. The smallest absolute Gasteiger partial charge is 0.0785 e. The van der Waals surface area contributed by atoms with Gasteiger partial charge < -0.3 is 0 Å². The third kappa shape index (κ3) is 2.05. The molecule has 0 spiro atoms. The molecule has 0 aliphatic carbocycles. The van der Waals surface area contributed by atoms with Crippen LogP contribution in [0.4, 0.5) is 4.39 Å². The van der Waals surface area contributed by atoms with E-state index in [-0.39, 0.29) is 0 Å². The van der Waals surface area contributed by atoms with Crippen LogP contribution in [0.5, 0.6) is 0 Å². The molecular weight excluding hydrogens is 163 g/mol. The largest absolute Gasteiger partial charge is 0.255 e. The van der Waals surface area contributed by atoms with Gasteiger partial charge in [-0.15, -0.1) is 0 Å². The second-order valence-corrected chi connectivity index (χ2v) is 2.80. The Labute approximate surface area is 78.0 Å². The van der Waals surface area contributed by atoms with Gasteiger partial charge in [0.25, 0.3) is 0 Å². The predicted molar refractivity (Wildman–Crippen MR) is 55.7 cm³/mol. The Hall–Kier alpha value is -1.37. The second-order valence-electron chi connectivity index (χ2n) is 2.80. The highest BCUT2D eigenvalue weighted by molar-refractivity contribution is 5.85. The van der Waals surface area contributed by atoms with Crippen molar-refractivity contribution >= 4 is 10.8 Å². The quantitative estimate of drug-likeness (QED) is 0.573. The molecule has 13 heavy (non-hydrogen) atoms.